The van der Waals surface area contributed by atoms with E-state index in [1.165, 1.54) is 4.90 Å². The molecular weight excluding hydrogens is 308 g/mol. The van der Waals surface area contributed by atoms with Crippen LogP contribution in [0.4, 0.5) is 0 Å². The number of fused-ring (bicyclic) bond motifs is 1. The number of amides is 2. The first kappa shape index (κ1) is 14.2. The van der Waals surface area contributed by atoms with E-state index in [1.54, 1.807) is 18.2 Å². The highest BCUT2D eigenvalue weighted by Crippen LogP contribution is 2.34. The van der Waals surface area contributed by atoms with Crippen molar-refractivity contribution < 1.29 is 9.59 Å². The number of halogens is 1. The largest absolute Gasteiger partial charge is 0.328 e. The summed E-state index contributed by atoms with van der Waals surface area (Å²) in [6, 6.07) is 5.13. The van der Waals surface area contributed by atoms with Crippen LogP contribution in [-0.4, -0.2) is 28.8 Å². The smallest absolute Gasteiger partial charge is 0.262 e. The summed E-state index contributed by atoms with van der Waals surface area (Å²) in [4.78, 5) is 26.3. The van der Waals surface area contributed by atoms with Gasteiger partial charge in [-0.3, -0.25) is 14.5 Å². The van der Waals surface area contributed by atoms with Crippen LogP contribution in [0.1, 0.15) is 41.5 Å². The van der Waals surface area contributed by atoms with Gasteiger partial charge in [0, 0.05) is 11.0 Å². The molecular formula is C14H17BrN2O2. The van der Waals surface area contributed by atoms with Crippen molar-refractivity contribution in [3.63, 3.8) is 0 Å². The van der Waals surface area contributed by atoms with E-state index in [2.05, 4.69) is 15.9 Å². The summed E-state index contributed by atoms with van der Waals surface area (Å²) in [5, 5.41) is 0. The topological polar surface area (TPSA) is 63.4 Å². The number of hydrogen-bond acceptors (Lipinski definition) is 3. The lowest BCUT2D eigenvalue weighted by Gasteiger charge is -2.39. The van der Waals surface area contributed by atoms with Crippen LogP contribution in [0.15, 0.2) is 22.7 Å². The van der Waals surface area contributed by atoms with Crippen molar-refractivity contribution in [2.45, 2.75) is 26.3 Å². The highest BCUT2D eigenvalue weighted by molar-refractivity contribution is 9.10. The molecule has 5 heteroatoms. The minimum atomic E-state index is -0.667. The van der Waals surface area contributed by atoms with E-state index in [4.69, 9.17) is 5.73 Å². The second kappa shape index (κ2) is 4.72. The number of carbonyl (C=O) groups excluding carboxylic acids is 2. The van der Waals surface area contributed by atoms with Crippen LogP contribution in [-0.2, 0) is 0 Å². The highest BCUT2D eigenvalue weighted by atomic mass is 79.9. The molecule has 2 amide bonds. The van der Waals surface area contributed by atoms with Crippen molar-refractivity contribution in [2.24, 2.45) is 11.7 Å². The van der Waals surface area contributed by atoms with Crippen molar-refractivity contribution in [3.8, 4) is 0 Å². The number of imide groups is 1. The van der Waals surface area contributed by atoms with E-state index in [9.17, 15) is 9.59 Å². The Kier molecular flexibility index (Phi) is 3.53. The third kappa shape index (κ3) is 2.01. The van der Waals surface area contributed by atoms with Gasteiger partial charge in [0.05, 0.1) is 16.7 Å². The number of rotatable bonds is 3. The summed E-state index contributed by atoms with van der Waals surface area (Å²) in [6.07, 6.45) is 0. The molecule has 2 rings (SSSR count). The molecule has 102 valence electrons. The normalized spacial score (nSPS) is 17.9. The third-order valence-electron chi connectivity index (χ3n) is 4.02. The van der Waals surface area contributed by atoms with Gasteiger partial charge in [0.2, 0.25) is 0 Å². The maximum atomic E-state index is 12.5. The van der Waals surface area contributed by atoms with E-state index < -0.39 is 5.54 Å². The van der Waals surface area contributed by atoms with Gasteiger partial charge in [0.25, 0.3) is 11.8 Å². The molecule has 1 aliphatic rings. The van der Waals surface area contributed by atoms with Crippen LogP contribution >= 0.6 is 15.9 Å². The molecule has 1 unspecified atom stereocenters. The van der Waals surface area contributed by atoms with Gasteiger partial charge in [0.1, 0.15) is 0 Å². The lowest BCUT2D eigenvalue weighted by atomic mass is 9.86. The molecule has 1 heterocycles. The predicted molar refractivity (Wildman–Crippen MR) is 76.9 cm³/mol. The fourth-order valence-corrected chi connectivity index (χ4v) is 2.62. The second-order valence-electron chi connectivity index (χ2n) is 5.35. The van der Waals surface area contributed by atoms with Crippen LogP contribution in [0.25, 0.3) is 0 Å². The minimum absolute atomic E-state index is 0.0863. The molecule has 0 aliphatic carbocycles. The van der Waals surface area contributed by atoms with Gasteiger partial charge in [-0.25, -0.2) is 0 Å². The highest BCUT2D eigenvalue weighted by Gasteiger charge is 2.47. The molecule has 1 atom stereocenters. The average molecular weight is 325 g/mol. The molecule has 4 nitrogen and oxygen atoms in total. The first-order chi connectivity index (χ1) is 8.82. The molecule has 2 N–H and O–H groups in total. The van der Waals surface area contributed by atoms with Crippen LogP contribution in [0.3, 0.4) is 0 Å². The zero-order chi connectivity index (χ0) is 14.4. The SMILES string of the molecule is CC(C)C(C)(CN)N1C(=O)c2ccc(Br)cc2C1=O. The molecule has 0 spiro atoms. The summed E-state index contributed by atoms with van der Waals surface area (Å²) in [5.74, 6) is -0.430. The van der Waals surface area contributed by atoms with Crippen LogP contribution in [0.5, 0.6) is 0 Å². The molecule has 0 aromatic heterocycles. The van der Waals surface area contributed by atoms with Gasteiger partial charge < -0.3 is 5.73 Å². The standard InChI is InChI=1S/C14H17BrN2O2/c1-8(2)14(3,7-16)17-12(18)10-5-4-9(15)6-11(10)13(17)19/h4-6,8H,7,16H2,1-3H3. The van der Waals surface area contributed by atoms with E-state index in [1.807, 2.05) is 20.8 Å². The Labute approximate surface area is 121 Å². The van der Waals surface area contributed by atoms with Crippen LogP contribution in [0, 0.1) is 5.92 Å². The summed E-state index contributed by atoms with van der Waals surface area (Å²) in [6.45, 7) is 6.03. The first-order valence-corrected chi connectivity index (χ1v) is 7.00. The zero-order valence-electron chi connectivity index (χ0n) is 11.2. The Morgan fingerprint density at radius 3 is 2.37 bits per heavy atom. The Hall–Kier alpha value is -1.20. The zero-order valence-corrected chi connectivity index (χ0v) is 12.8. The molecule has 0 bridgehead atoms. The summed E-state index contributed by atoms with van der Waals surface area (Å²) >= 11 is 3.32. The number of hydrogen-bond donors (Lipinski definition) is 1. The second-order valence-corrected chi connectivity index (χ2v) is 6.27. The third-order valence-corrected chi connectivity index (χ3v) is 4.51. The quantitative estimate of drug-likeness (QED) is 0.868. The van der Waals surface area contributed by atoms with Crippen LogP contribution < -0.4 is 5.73 Å². The Bertz CT molecular complexity index is 556. The summed E-state index contributed by atoms with van der Waals surface area (Å²) in [5.41, 5.74) is 6.05. The van der Waals surface area contributed by atoms with Crippen molar-refractivity contribution in [1.29, 1.82) is 0 Å². The predicted octanol–water partition coefficient (Wildman–Crippen LogP) is 2.42. The number of nitrogens with zero attached hydrogens (tertiary/aromatic N) is 1. The van der Waals surface area contributed by atoms with E-state index in [-0.39, 0.29) is 24.3 Å². The molecule has 0 radical (unpaired) electrons. The average Bonchev–Trinajstić information content (AvgIpc) is 2.61. The number of nitrogens with two attached hydrogens (primary N) is 1. The number of carbonyl (C=O) groups is 2. The van der Waals surface area contributed by atoms with Gasteiger partial charge in [-0.05, 0) is 31.0 Å². The van der Waals surface area contributed by atoms with Gasteiger partial charge in [0.15, 0.2) is 0 Å². The van der Waals surface area contributed by atoms with Crippen molar-refractivity contribution in [2.75, 3.05) is 6.54 Å². The summed E-state index contributed by atoms with van der Waals surface area (Å²) in [7, 11) is 0. The van der Waals surface area contributed by atoms with E-state index >= 15 is 0 Å². The maximum Gasteiger partial charge on any atom is 0.262 e. The monoisotopic (exact) mass is 324 g/mol. The molecule has 1 aromatic rings. The first-order valence-electron chi connectivity index (χ1n) is 6.21. The molecule has 19 heavy (non-hydrogen) atoms. The van der Waals surface area contributed by atoms with Crippen molar-refractivity contribution >= 4 is 27.7 Å². The minimum Gasteiger partial charge on any atom is -0.328 e. The molecule has 1 aromatic carbocycles. The molecule has 0 saturated carbocycles. The maximum absolute atomic E-state index is 12.5. The number of benzene rings is 1. The van der Waals surface area contributed by atoms with Gasteiger partial charge in [-0.1, -0.05) is 29.8 Å². The van der Waals surface area contributed by atoms with Crippen molar-refractivity contribution in [1.82, 2.24) is 4.90 Å². The van der Waals surface area contributed by atoms with Gasteiger partial charge in [-0.2, -0.15) is 0 Å². The Balaban J connectivity index is 2.54. The van der Waals surface area contributed by atoms with Crippen LogP contribution in [0.2, 0.25) is 0 Å². The van der Waals surface area contributed by atoms with E-state index in [0.717, 1.165) is 4.47 Å². The molecule has 0 saturated heterocycles. The lowest BCUT2D eigenvalue weighted by molar-refractivity contribution is 0.0372. The van der Waals surface area contributed by atoms with Gasteiger partial charge >= 0.3 is 0 Å². The van der Waals surface area contributed by atoms with Crippen molar-refractivity contribution in [3.05, 3.63) is 33.8 Å². The van der Waals surface area contributed by atoms with E-state index in [0.29, 0.717) is 11.1 Å². The Morgan fingerprint density at radius 1 is 1.26 bits per heavy atom. The summed E-state index contributed by atoms with van der Waals surface area (Å²) < 4.78 is 0.785. The molecule has 1 aliphatic heterocycles. The molecule has 0 fully saturated rings. The fraction of sp³-hybridized carbons (Fsp3) is 0.429. The fourth-order valence-electron chi connectivity index (χ4n) is 2.26. The van der Waals surface area contributed by atoms with Gasteiger partial charge in [-0.15, -0.1) is 0 Å². The Morgan fingerprint density at radius 2 is 1.84 bits per heavy atom. The lowest BCUT2D eigenvalue weighted by Crippen LogP contribution is -2.57.